The number of benzene rings is 1. The first-order chi connectivity index (χ1) is 10.1. The average molecular weight is 338 g/mol. The molecule has 4 nitrogen and oxygen atoms in total. The Kier molecular flexibility index (Phi) is 3.21. The molecule has 0 saturated carbocycles. The van der Waals surface area contributed by atoms with Crippen LogP contribution in [0.15, 0.2) is 45.2 Å². The highest BCUT2D eigenvalue weighted by Crippen LogP contribution is 2.41. The van der Waals surface area contributed by atoms with Gasteiger partial charge in [-0.3, -0.25) is 0 Å². The second kappa shape index (κ2) is 4.55. The van der Waals surface area contributed by atoms with Crippen molar-refractivity contribution in [2.45, 2.75) is 48.0 Å². The van der Waals surface area contributed by atoms with Crippen molar-refractivity contribution in [3.05, 3.63) is 46.6 Å². The quantitative estimate of drug-likeness (QED) is 0.729. The molecule has 6 heteroatoms. The molecule has 1 aliphatic heterocycles. The molecule has 0 N–H and O–H groups in total. The Morgan fingerprint density at radius 3 is 1.32 bits per heavy atom. The van der Waals surface area contributed by atoms with E-state index in [-0.39, 0.29) is 9.79 Å². The van der Waals surface area contributed by atoms with Crippen LogP contribution in [-0.4, -0.2) is 27.3 Å². The molecule has 1 aromatic rings. The molecule has 2 aliphatic rings. The van der Waals surface area contributed by atoms with Crippen molar-refractivity contribution in [1.82, 2.24) is 0 Å². The van der Waals surface area contributed by atoms with Gasteiger partial charge in [-0.05, 0) is 51.0 Å². The third-order valence-corrected chi connectivity index (χ3v) is 9.16. The first kappa shape index (κ1) is 15.5. The minimum atomic E-state index is -3.71. The van der Waals surface area contributed by atoms with Crippen molar-refractivity contribution < 1.29 is 16.8 Å². The number of rotatable bonds is 0. The molecule has 0 aromatic heterocycles. The molecule has 0 saturated heterocycles. The molecule has 22 heavy (non-hydrogen) atoms. The maximum Gasteiger partial charge on any atom is 0.187 e. The summed E-state index contributed by atoms with van der Waals surface area (Å²) in [6, 6.07) is 2.98. The number of aryl methyl sites for hydroxylation is 2. The van der Waals surface area contributed by atoms with Crippen molar-refractivity contribution in [3.63, 3.8) is 0 Å². The lowest BCUT2D eigenvalue weighted by atomic mass is 10.0. The third kappa shape index (κ3) is 1.93. The summed E-state index contributed by atoms with van der Waals surface area (Å²) < 4.78 is 51.6. The van der Waals surface area contributed by atoms with E-state index >= 15 is 0 Å². The van der Waals surface area contributed by atoms with E-state index in [9.17, 15) is 16.8 Å². The van der Waals surface area contributed by atoms with Crippen LogP contribution in [0.25, 0.3) is 0 Å². The van der Waals surface area contributed by atoms with E-state index in [1.165, 1.54) is 12.1 Å². The second-order valence-corrected chi connectivity index (χ2v) is 10.3. The van der Waals surface area contributed by atoms with Crippen LogP contribution in [-0.2, 0) is 19.7 Å². The van der Waals surface area contributed by atoms with E-state index < -0.39 is 30.2 Å². The van der Waals surface area contributed by atoms with Gasteiger partial charge in [-0.25, -0.2) is 16.8 Å². The first-order valence-corrected chi connectivity index (χ1v) is 10.1. The summed E-state index contributed by atoms with van der Waals surface area (Å²) in [5.41, 5.74) is 3.18. The molecule has 1 aliphatic carbocycles. The molecule has 0 bridgehead atoms. The topological polar surface area (TPSA) is 68.3 Å². The Morgan fingerprint density at radius 1 is 0.682 bits per heavy atom. The highest BCUT2D eigenvalue weighted by molar-refractivity contribution is 7.99. The Hall–Kier alpha value is -1.40. The highest BCUT2D eigenvalue weighted by Gasteiger charge is 2.49. The smallest absolute Gasteiger partial charge is 0.187 e. The lowest BCUT2D eigenvalue weighted by Gasteiger charge is -2.33. The van der Waals surface area contributed by atoms with E-state index in [4.69, 9.17) is 0 Å². The Bertz CT molecular complexity index is 869. The van der Waals surface area contributed by atoms with E-state index in [1.54, 1.807) is 39.8 Å². The van der Waals surface area contributed by atoms with Gasteiger partial charge < -0.3 is 0 Å². The van der Waals surface area contributed by atoms with Gasteiger partial charge in [0.25, 0.3) is 0 Å². The van der Waals surface area contributed by atoms with Crippen LogP contribution in [0.3, 0.4) is 0 Å². The normalized spacial score (nSPS) is 28.2. The highest BCUT2D eigenvalue weighted by atomic mass is 32.2. The fraction of sp³-hybridized carbons (Fsp3) is 0.375. The summed E-state index contributed by atoms with van der Waals surface area (Å²) in [5.74, 6) is 0. The van der Waals surface area contributed by atoms with Crippen molar-refractivity contribution >= 4 is 19.7 Å². The summed E-state index contributed by atoms with van der Waals surface area (Å²) >= 11 is 0. The lowest BCUT2D eigenvalue weighted by molar-refractivity contribution is 0.558. The van der Waals surface area contributed by atoms with Crippen LogP contribution in [0.2, 0.25) is 0 Å². The third-order valence-electron chi connectivity index (χ3n) is 4.66. The van der Waals surface area contributed by atoms with Crippen LogP contribution < -0.4 is 0 Å². The van der Waals surface area contributed by atoms with Crippen molar-refractivity contribution in [2.24, 2.45) is 0 Å². The Balaban J connectivity index is 2.43. The second-order valence-electron chi connectivity index (χ2n) is 6.10. The molecular weight excluding hydrogens is 320 g/mol. The van der Waals surface area contributed by atoms with Gasteiger partial charge in [0.2, 0.25) is 0 Å². The fourth-order valence-corrected chi connectivity index (χ4v) is 8.13. The van der Waals surface area contributed by atoms with E-state index in [2.05, 4.69) is 0 Å². The predicted octanol–water partition coefficient (Wildman–Crippen LogP) is 2.51. The molecule has 3 rings (SSSR count). The summed E-state index contributed by atoms with van der Waals surface area (Å²) in [7, 11) is -7.42. The van der Waals surface area contributed by atoms with Crippen molar-refractivity contribution in [3.8, 4) is 0 Å². The van der Waals surface area contributed by atoms with Gasteiger partial charge in [-0.15, -0.1) is 0 Å². The van der Waals surface area contributed by atoms with Gasteiger partial charge in [-0.1, -0.05) is 23.3 Å². The van der Waals surface area contributed by atoms with E-state index in [1.807, 2.05) is 0 Å². The van der Waals surface area contributed by atoms with Gasteiger partial charge in [-0.2, -0.15) is 0 Å². The summed E-state index contributed by atoms with van der Waals surface area (Å²) in [5, 5.41) is -2.06. The molecule has 0 spiro atoms. The van der Waals surface area contributed by atoms with E-state index in [0.717, 1.165) is 22.3 Å². The summed E-state index contributed by atoms with van der Waals surface area (Å²) in [6.45, 7) is 7.19. The molecule has 0 radical (unpaired) electrons. The fourth-order valence-electron chi connectivity index (χ4n) is 2.98. The van der Waals surface area contributed by atoms with Crippen LogP contribution in [0.4, 0.5) is 0 Å². The predicted molar refractivity (Wildman–Crippen MR) is 85.4 cm³/mol. The first-order valence-electron chi connectivity index (χ1n) is 7.03. The summed E-state index contributed by atoms with van der Waals surface area (Å²) in [6.07, 6.45) is 3.15. The largest absolute Gasteiger partial charge is 0.223 e. The molecular formula is C16H18O4S2. The number of hydrogen-bond donors (Lipinski definition) is 0. The molecule has 0 fully saturated rings. The van der Waals surface area contributed by atoms with Crippen LogP contribution >= 0.6 is 0 Å². The maximum absolute atomic E-state index is 12.9. The van der Waals surface area contributed by atoms with Gasteiger partial charge >= 0.3 is 0 Å². The molecule has 2 unspecified atom stereocenters. The zero-order valence-corrected chi connectivity index (χ0v) is 14.5. The standard InChI is InChI=1S/C16H18O4S2/c1-9-5-13-14(6-10(9)2)22(19,20)16-8-12(4)11(3)7-15(16)21(13,17)18/h5-8,13-14H,1-4H3. The zero-order chi connectivity index (χ0) is 16.4. The Labute approximate surface area is 131 Å². The van der Waals surface area contributed by atoms with Gasteiger partial charge in [0.1, 0.15) is 10.5 Å². The molecule has 2 atom stereocenters. The van der Waals surface area contributed by atoms with Crippen LogP contribution in [0.5, 0.6) is 0 Å². The molecule has 1 heterocycles. The van der Waals surface area contributed by atoms with Crippen molar-refractivity contribution in [1.29, 1.82) is 0 Å². The number of sulfone groups is 2. The summed E-state index contributed by atoms with van der Waals surface area (Å²) in [4.78, 5) is -0.122. The maximum atomic E-state index is 12.9. The van der Waals surface area contributed by atoms with Crippen LogP contribution in [0, 0.1) is 13.8 Å². The Morgan fingerprint density at radius 2 is 1.00 bits per heavy atom. The molecule has 1 aromatic carbocycles. The average Bonchev–Trinajstić information content (AvgIpc) is 2.42. The minimum absolute atomic E-state index is 0.0612. The van der Waals surface area contributed by atoms with Crippen LogP contribution in [0.1, 0.15) is 25.0 Å². The SMILES string of the molecule is CC1=CC2C(C=C1C)S(=O)(=O)c1cc(C)c(C)cc1S2(=O)=O. The minimum Gasteiger partial charge on any atom is -0.223 e. The molecule has 118 valence electrons. The zero-order valence-electron chi connectivity index (χ0n) is 12.9. The van der Waals surface area contributed by atoms with Gasteiger partial charge in [0.15, 0.2) is 19.7 Å². The van der Waals surface area contributed by atoms with Gasteiger partial charge in [0, 0.05) is 0 Å². The number of allylic oxidation sites excluding steroid dienone is 2. The number of fused-ring (bicyclic) bond motifs is 2. The number of hydrogen-bond acceptors (Lipinski definition) is 4. The molecule has 0 amide bonds. The van der Waals surface area contributed by atoms with E-state index in [0.29, 0.717) is 0 Å². The van der Waals surface area contributed by atoms with Gasteiger partial charge in [0.05, 0.1) is 9.79 Å². The van der Waals surface area contributed by atoms with Crippen molar-refractivity contribution in [2.75, 3.05) is 0 Å². The lowest BCUT2D eigenvalue weighted by Crippen LogP contribution is -2.44. The monoisotopic (exact) mass is 338 g/mol.